The minimum absolute atomic E-state index is 0.120. The quantitative estimate of drug-likeness (QED) is 0.661. The van der Waals surface area contributed by atoms with Crippen molar-refractivity contribution in [2.75, 3.05) is 6.61 Å². The molecule has 1 aromatic carbocycles. The molecule has 20 heavy (non-hydrogen) atoms. The van der Waals surface area contributed by atoms with Gasteiger partial charge in [-0.3, -0.25) is 10.1 Å². The first-order valence-corrected chi connectivity index (χ1v) is 6.30. The number of rotatable bonds is 5. The minimum Gasteiger partial charge on any atom is -0.489 e. The zero-order valence-electron chi connectivity index (χ0n) is 10.3. The van der Waals surface area contributed by atoms with Crippen molar-refractivity contribution in [1.82, 2.24) is 0 Å². The molecule has 0 aliphatic carbocycles. The van der Waals surface area contributed by atoms with Crippen molar-refractivity contribution in [1.29, 1.82) is 0 Å². The summed E-state index contributed by atoms with van der Waals surface area (Å²) < 4.78 is 10.7. The number of non-ortho nitro benzene ring substituents is 1. The maximum absolute atomic E-state index is 10.7. The lowest BCUT2D eigenvalue weighted by Gasteiger charge is -2.13. The SMILES string of the molecule is O=C(O)C1CCC(COc2ccc([N+](=O)[O-])cc2Cl)O1. The Morgan fingerprint density at radius 3 is 2.85 bits per heavy atom. The molecule has 0 bridgehead atoms. The summed E-state index contributed by atoms with van der Waals surface area (Å²) >= 11 is 5.87. The molecule has 0 spiro atoms. The van der Waals surface area contributed by atoms with E-state index in [1.165, 1.54) is 18.2 Å². The van der Waals surface area contributed by atoms with E-state index < -0.39 is 17.0 Å². The molecule has 2 rings (SSSR count). The van der Waals surface area contributed by atoms with Crippen LogP contribution >= 0.6 is 11.6 Å². The molecule has 1 aliphatic heterocycles. The number of benzene rings is 1. The molecular weight excluding hydrogens is 290 g/mol. The third-order valence-electron chi connectivity index (χ3n) is 2.93. The second kappa shape index (κ2) is 6.06. The van der Waals surface area contributed by atoms with E-state index in [0.717, 1.165) is 0 Å². The summed E-state index contributed by atoms with van der Waals surface area (Å²) in [6, 6.07) is 3.90. The molecule has 1 fully saturated rings. The number of carbonyl (C=O) groups is 1. The van der Waals surface area contributed by atoms with Crippen LogP contribution < -0.4 is 4.74 Å². The van der Waals surface area contributed by atoms with Gasteiger partial charge < -0.3 is 14.6 Å². The molecule has 1 saturated heterocycles. The first-order chi connectivity index (χ1) is 9.47. The number of carboxylic acid groups (broad SMARTS) is 1. The molecule has 2 atom stereocenters. The third-order valence-corrected chi connectivity index (χ3v) is 3.23. The third kappa shape index (κ3) is 3.37. The Kier molecular flexibility index (Phi) is 4.41. The van der Waals surface area contributed by atoms with Gasteiger partial charge in [0.05, 0.1) is 16.0 Å². The van der Waals surface area contributed by atoms with Crippen molar-refractivity contribution < 1.29 is 24.3 Å². The second-order valence-electron chi connectivity index (χ2n) is 4.35. The Morgan fingerprint density at radius 1 is 1.55 bits per heavy atom. The zero-order valence-corrected chi connectivity index (χ0v) is 11.1. The van der Waals surface area contributed by atoms with Crippen molar-refractivity contribution in [3.05, 3.63) is 33.3 Å². The van der Waals surface area contributed by atoms with Gasteiger partial charge >= 0.3 is 5.97 Å². The van der Waals surface area contributed by atoms with Crippen LogP contribution in [0.3, 0.4) is 0 Å². The van der Waals surface area contributed by atoms with E-state index in [2.05, 4.69) is 0 Å². The van der Waals surface area contributed by atoms with E-state index in [1.807, 2.05) is 0 Å². The van der Waals surface area contributed by atoms with Crippen LogP contribution in [-0.2, 0) is 9.53 Å². The van der Waals surface area contributed by atoms with Crippen LogP contribution in [0.25, 0.3) is 0 Å². The van der Waals surface area contributed by atoms with E-state index in [0.29, 0.717) is 18.6 Å². The van der Waals surface area contributed by atoms with E-state index in [9.17, 15) is 14.9 Å². The molecule has 0 amide bonds. The highest BCUT2D eigenvalue weighted by Crippen LogP contribution is 2.29. The second-order valence-corrected chi connectivity index (χ2v) is 4.75. The number of hydrogen-bond acceptors (Lipinski definition) is 5. The van der Waals surface area contributed by atoms with Gasteiger partial charge in [0.15, 0.2) is 6.10 Å². The standard InChI is InChI=1S/C12H12ClNO6/c13-9-5-7(14(17)18)1-3-10(9)19-6-8-2-4-11(20-8)12(15)16/h1,3,5,8,11H,2,4,6H2,(H,15,16). The number of nitro benzene ring substituents is 1. The lowest BCUT2D eigenvalue weighted by atomic mass is 10.2. The van der Waals surface area contributed by atoms with E-state index in [-0.39, 0.29) is 23.4 Å². The Morgan fingerprint density at radius 2 is 2.30 bits per heavy atom. The summed E-state index contributed by atoms with van der Waals surface area (Å²) in [6.45, 7) is 0.154. The smallest absolute Gasteiger partial charge is 0.332 e. The average molecular weight is 302 g/mol. The minimum atomic E-state index is -0.985. The van der Waals surface area contributed by atoms with Crippen molar-refractivity contribution in [3.63, 3.8) is 0 Å². The molecule has 1 N–H and O–H groups in total. The summed E-state index contributed by atoms with van der Waals surface area (Å²) in [5.41, 5.74) is -0.120. The summed E-state index contributed by atoms with van der Waals surface area (Å²) in [6.07, 6.45) is -0.0860. The van der Waals surface area contributed by atoms with Gasteiger partial charge in [0.25, 0.3) is 5.69 Å². The number of carboxylic acids is 1. The molecule has 108 valence electrons. The Balaban J connectivity index is 1.92. The highest BCUT2D eigenvalue weighted by Gasteiger charge is 2.30. The number of hydrogen-bond donors (Lipinski definition) is 1. The fourth-order valence-corrected chi connectivity index (χ4v) is 2.14. The van der Waals surface area contributed by atoms with Gasteiger partial charge in [-0.15, -0.1) is 0 Å². The van der Waals surface area contributed by atoms with E-state index >= 15 is 0 Å². The van der Waals surface area contributed by atoms with Gasteiger partial charge in [-0.2, -0.15) is 0 Å². The summed E-state index contributed by atoms with van der Waals surface area (Å²) in [7, 11) is 0. The number of nitro groups is 1. The number of halogens is 1. The maximum Gasteiger partial charge on any atom is 0.332 e. The summed E-state index contributed by atoms with van der Waals surface area (Å²) in [4.78, 5) is 20.7. The fraction of sp³-hybridized carbons (Fsp3) is 0.417. The summed E-state index contributed by atoms with van der Waals surface area (Å²) in [5.74, 6) is -0.680. The first kappa shape index (κ1) is 14.5. The van der Waals surface area contributed by atoms with E-state index in [4.69, 9.17) is 26.2 Å². The molecule has 1 aliphatic rings. The van der Waals surface area contributed by atoms with Crippen LogP contribution in [0.5, 0.6) is 5.75 Å². The van der Waals surface area contributed by atoms with Crippen molar-refractivity contribution in [3.8, 4) is 5.75 Å². The predicted octanol–water partition coefficient (Wildman–Crippen LogP) is 2.26. The highest BCUT2D eigenvalue weighted by atomic mass is 35.5. The number of nitrogens with zero attached hydrogens (tertiary/aromatic N) is 1. The molecule has 1 heterocycles. The van der Waals surface area contributed by atoms with Crippen LogP contribution in [-0.4, -0.2) is 34.8 Å². The van der Waals surface area contributed by atoms with Crippen LogP contribution in [0.1, 0.15) is 12.8 Å². The van der Waals surface area contributed by atoms with Gasteiger partial charge in [-0.1, -0.05) is 11.6 Å². The van der Waals surface area contributed by atoms with Crippen LogP contribution in [0.15, 0.2) is 18.2 Å². The van der Waals surface area contributed by atoms with Crippen molar-refractivity contribution in [2.24, 2.45) is 0 Å². The molecule has 0 radical (unpaired) electrons. The van der Waals surface area contributed by atoms with Crippen molar-refractivity contribution in [2.45, 2.75) is 25.0 Å². The first-order valence-electron chi connectivity index (χ1n) is 5.92. The monoisotopic (exact) mass is 301 g/mol. The maximum atomic E-state index is 10.7. The molecule has 2 unspecified atom stereocenters. The lowest BCUT2D eigenvalue weighted by Crippen LogP contribution is -2.23. The molecule has 7 nitrogen and oxygen atoms in total. The van der Waals surface area contributed by atoms with Gasteiger partial charge in [0.1, 0.15) is 12.4 Å². The Labute approximate surface area is 119 Å². The molecule has 0 aromatic heterocycles. The Bertz CT molecular complexity index is 535. The summed E-state index contributed by atoms with van der Waals surface area (Å²) in [5, 5.41) is 19.5. The molecular formula is C12H12ClNO6. The predicted molar refractivity (Wildman–Crippen MR) is 69.1 cm³/mol. The normalized spacial score (nSPS) is 21.6. The largest absolute Gasteiger partial charge is 0.489 e. The highest BCUT2D eigenvalue weighted by molar-refractivity contribution is 6.32. The van der Waals surface area contributed by atoms with Gasteiger partial charge in [-0.05, 0) is 18.9 Å². The van der Waals surface area contributed by atoms with Crippen molar-refractivity contribution >= 4 is 23.3 Å². The zero-order chi connectivity index (χ0) is 14.7. The van der Waals surface area contributed by atoms with Gasteiger partial charge in [0, 0.05) is 12.1 Å². The topological polar surface area (TPSA) is 98.9 Å². The fourth-order valence-electron chi connectivity index (χ4n) is 1.91. The number of aliphatic carboxylic acids is 1. The van der Waals surface area contributed by atoms with Crippen LogP contribution in [0, 0.1) is 10.1 Å². The van der Waals surface area contributed by atoms with Crippen LogP contribution in [0.2, 0.25) is 5.02 Å². The number of ether oxygens (including phenoxy) is 2. The van der Waals surface area contributed by atoms with Gasteiger partial charge in [-0.25, -0.2) is 4.79 Å². The van der Waals surface area contributed by atoms with Gasteiger partial charge in [0.2, 0.25) is 0 Å². The lowest BCUT2D eigenvalue weighted by molar-refractivity contribution is -0.384. The Hall–Kier alpha value is -1.86. The molecule has 0 saturated carbocycles. The van der Waals surface area contributed by atoms with Crippen LogP contribution in [0.4, 0.5) is 5.69 Å². The average Bonchev–Trinajstić information content (AvgIpc) is 2.86. The molecule has 8 heteroatoms. The molecule has 1 aromatic rings. The van der Waals surface area contributed by atoms with E-state index in [1.54, 1.807) is 0 Å².